The summed E-state index contributed by atoms with van der Waals surface area (Å²) in [6.07, 6.45) is 0.503. The SMILES string of the molecule is CCN(CC)CCn1nnc(C(=O)O)c1CCOC. The Morgan fingerprint density at radius 1 is 1.42 bits per heavy atom. The van der Waals surface area contributed by atoms with Crippen LogP contribution >= 0.6 is 0 Å². The van der Waals surface area contributed by atoms with Crippen LogP contribution in [0.2, 0.25) is 0 Å². The Balaban J connectivity index is 2.78. The molecule has 0 fully saturated rings. The van der Waals surface area contributed by atoms with Gasteiger partial charge in [-0.2, -0.15) is 0 Å². The maximum Gasteiger partial charge on any atom is 0.358 e. The maximum absolute atomic E-state index is 11.1. The third-order valence-electron chi connectivity index (χ3n) is 3.11. The number of hydrogen-bond acceptors (Lipinski definition) is 5. The van der Waals surface area contributed by atoms with Gasteiger partial charge in [0, 0.05) is 20.1 Å². The summed E-state index contributed by atoms with van der Waals surface area (Å²) in [5.74, 6) is -1.04. The van der Waals surface area contributed by atoms with Gasteiger partial charge >= 0.3 is 5.97 Å². The van der Waals surface area contributed by atoms with Crippen LogP contribution in [0, 0.1) is 0 Å². The van der Waals surface area contributed by atoms with E-state index in [1.165, 1.54) is 0 Å². The number of carboxylic acid groups (broad SMARTS) is 1. The summed E-state index contributed by atoms with van der Waals surface area (Å²) in [4.78, 5) is 13.3. The first-order chi connectivity index (χ1) is 9.13. The van der Waals surface area contributed by atoms with Crippen molar-refractivity contribution in [3.63, 3.8) is 0 Å². The van der Waals surface area contributed by atoms with Crippen LogP contribution in [0.15, 0.2) is 0 Å². The van der Waals surface area contributed by atoms with Crippen molar-refractivity contribution in [2.75, 3.05) is 33.4 Å². The molecule has 19 heavy (non-hydrogen) atoms. The van der Waals surface area contributed by atoms with E-state index in [-0.39, 0.29) is 5.69 Å². The van der Waals surface area contributed by atoms with Crippen molar-refractivity contribution in [3.8, 4) is 0 Å². The average molecular weight is 270 g/mol. The third kappa shape index (κ3) is 4.29. The normalized spacial score (nSPS) is 11.2. The molecule has 0 atom stereocenters. The summed E-state index contributed by atoms with van der Waals surface area (Å²) in [7, 11) is 1.59. The van der Waals surface area contributed by atoms with E-state index in [9.17, 15) is 4.79 Å². The molecule has 0 aliphatic rings. The van der Waals surface area contributed by atoms with Gasteiger partial charge in [-0.25, -0.2) is 9.48 Å². The highest BCUT2D eigenvalue weighted by atomic mass is 16.5. The minimum absolute atomic E-state index is 0.0246. The van der Waals surface area contributed by atoms with Gasteiger partial charge in [0.1, 0.15) is 0 Å². The molecule has 1 rings (SSSR count). The molecular formula is C12H22N4O3. The average Bonchev–Trinajstić information content (AvgIpc) is 2.80. The lowest BCUT2D eigenvalue weighted by molar-refractivity contribution is 0.0688. The number of likely N-dealkylation sites (N-methyl/N-ethyl adjacent to an activating group) is 1. The van der Waals surface area contributed by atoms with Crippen molar-refractivity contribution >= 4 is 5.97 Å². The van der Waals surface area contributed by atoms with Gasteiger partial charge in [-0.3, -0.25) is 0 Å². The highest BCUT2D eigenvalue weighted by Crippen LogP contribution is 2.07. The fourth-order valence-corrected chi connectivity index (χ4v) is 1.90. The van der Waals surface area contributed by atoms with Crippen LogP contribution in [0.1, 0.15) is 30.0 Å². The van der Waals surface area contributed by atoms with Crippen LogP contribution in [-0.4, -0.2) is 64.3 Å². The van der Waals surface area contributed by atoms with E-state index in [0.29, 0.717) is 25.3 Å². The Morgan fingerprint density at radius 2 is 2.11 bits per heavy atom. The van der Waals surface area contributed by atoms with Crippen molar-refractivity contribution < 1.29 is 14.6 Å². The lowest BCUT2D eigenvalue weighted by Gasteiger charge is -2.18. The molecule has 0 aliphatic carbocycles. The van der Waals surface area contributed by atoms with Crippen molar-refractivity contribution in [1.29, 1.82) is 0 Å². The molecule has 0 saturated carbocycles. The summed E-state index contributed by atoms with van der Waals surface area (Å²) in [5, 5.41) is 16.8. The first-order valence-corrected chi connectivity index (χ1v) is 6.50. The molecule has 1 heterocycles. The first-order valence-electron chi connectivity index (χ1n) is 6.50. The lowest BCUT2D eigenvalue weighted by atomic mass is 10.2. The van der Waals surface area contributed by atoms with Crippen molar-refractivity contribution in [1.82, 2.24) is 19.9 Å². The van der Waals surface area contributed by atoms with Gasteiger partial charge in [0.15, 0.2) is 5.69 Å². The van der Waals surface area contributed by atoms with Crippen LogP contribution in [-0.2, 0) is 17.7 Å². The number of aromatic carboxylic acids is 1. The van der Waals surface area contributed by atoms with Gasteiger partial charge in [-0.05, 0) is 13.1 Å². The predicted octanol–water partition coefficient (Wildman–Crippen LogP) is 0.507. The summed E-state index contributed by atoms with van der Waals surface area (Å²) in [6.45, 7) is 8.04. The largest absolute Gasteiger partial charge is 0.476 e. The summed E-state index contributed by atoms with van der Waals surface area (Å²) >= 11 is 0. The number of hydrogen-bond donors (Lipinski definition) is 1. The van der Waals surface area contributed by atoms with Gasteiger partial charge < -0.3 is 14.7 Å². The van der Waals surface area contributed by atoms with Gasteiger partial charge in [0.2, 0.25) is 0 Å². The first kappa shape index (κ1) is 15.6. The molecule has 0 amide bonds. The van der Waals surface area contributed by atoms with Crippen molar-refractivity contribution in [3.05, 3.63) is 11.4 Å². The Bertz CT molecular complexity index is 402. The highest BCUT2D eigenvalue weighted by molar-refractivity contribution is 5.86. The number of rotatable bonds is 9. The highest BCUT2D eigenvalue weighted by Gasteiger charge is 2.18. The van der Waals surface area contributed by atoms with E-state index in [1.807, 2.05) is 0 Å². The second-order valence-corrected chi connectivity index (χ2v) is 4.18. The summed E-state index contributed by atoms with van der Waals surface area (Å²) < 4.78 is 6.67. The van der Waals surface area contributed by atoms with E-state index in [1.54, 1.807) is 11.8 Å². The molecule has 0 aromatic carbocycles. The molecule has 7 nitrogen and oxygen atoms in total. The molecule has 1 aromatic rings. The number of nitrogens with zero attached hydrogens (tertiary/aromatic N) is 4. The Hall–Kier alpha value is -1.47. The third-order valence-corrected chi connectivity index (χ3v) is 3.11. The number of aromatic nitrogens is 3. The number of ether oxygens (including phenoxy) is 1. The van der Waals surface area contributed by atoms with Crippen LogP contribution < -0.4 is 0 Å². The van der Waals surface area contributed by atoms with Crippen LogP contribution in [0.5, 0.6) is 0 Å². The zero-order valence-electron chi connectivity index (χ0n) is 11.8. The molecule has 7 heteroatoms. The van der Waals surface area contributed by atoms with E-state index in [4.69, 9.17) is 9.84 Å². The fourth-order valence-electron chi connectivity index (χ4n) is 1.90. The molecule has 1 aromatic heterocycles. The minimum Gasteiger partial charge on any atom is -0.476 e. The summed E-state index contributed by atoms with van der Waals surface area (Å²) in [6, 6.07) is 0. The van der Waals surface area contributed by atoms with Crippen LogP contribution in [0.3, 0.4) is 0 Å². The quantitative estimate of drug-likeness (QED) is 0.704. The van der Waals surface area contributed by atoms with Crippen molar-refractivity contribution in [2.24, 2.45) is 0 Å². The predicted molar refractivity (Wildman–Crippen MR) is 70.3 cm³/mol. The van der Waals surface area contributed by atoms with Gasteiger partial charge in [-0.15, -0.1) is 5.10 Å². The van der Waals surface area contributed by atoms with E-state index in [2.05, 4.69) is 29.1 Å². The topological polar surface area (TPSA) is 80.5 Å². The Kier molecular flexibility index (Phi) is 6.44. The van der Waals surface area contributed by atoms with Crippen LogP contribution in [0.25, 0.3) is 0 Å². The number of carboxylic acids is 1. The minimum atomic E-state index is -1.04. The molecule has 0 aliphatic heterocycles. The molecule has 1 N–H and O–H groups in total. The van der Waals surface area contributed by atoms with Crippen molar-refractivity contribution in [2.45, 2.75) is 26.8 Å². The number of methoxy groups -OCH3 is 1. The van der Waals surface area contributed by atoms with Crippen LogP contribution in [0.4, 0.5) is 0 Å². The molecule has 0 bridgehead atoms. The number of carbonyl (C=O) groups is 1. The second-order valence-electron chi connectivity index (χ2n) is 4.18. The molecule has 0 radical (unpaired) electrons. The fraction of sp³-hybridized carbons (Fsp3) is 0.750. The zero-order chi connectivity index (χ0) is 14.3. The Morgan fingerprint density at radius 3 is 2.63 bits per heavy atom. The van der Waals surface area contributed by atoms with Gasteiger partial charge in [0.25, 0.3) is 0 Å². The zero-order valence-corrected chi connectivity index (χ0v) is 11.8. The second kappa shape index (κ2) is 7.85. The Labute approximate surface area is 113 Å². The standard InChI is InChI=1S/C12H22N4O3/c1-4-15(5-2)7-8-16-10(6-9-19-3)11(12(17)18)13-14-16/h4-9H2,1-3H3,(H,17,18). The summed E-state index contributed by atoms with van der Waals surface area (Å²) in [5.41, 5.74) is 0.651. The van der Waals surface area contributed by atoms with E-state index < -0.39 is 5.97 Å². The molecule has 108 valence electrons. The molecule has 0 spiro atoms. The smallest absolute Gasteiger partial charge is 0.358 e. The lowest BCUT2D eigenvalue weighted by Crippen LogP contribution is -2.28. The van der Waals surface area contributed by atoms with E-state index in [0.717, 1.165) is 19.6 Å². The molecule has 0 unspecified atom stereocenters. The maximum atomic E-state index is 11.1. The van der Waals surface area contributed by atoms with E-state index >= 15 is 0 Å². The monoisotopic (exact) mass is 270 g/mol. The molecule has 0 saturated heterocycles. The van der Waals surface area contributed by atoms with Gasteiger partial charge in [-0.1, -0.05) is 19.1 Å². The van der Waals surface area contributed by atoms with Gasteiger partial charge in [0.05, 0.1) is 18.8 Å². The molecular weight excluding hydrogens is 248 g/mol.